The lowest BCUT2D eigenvalue weighted by molar-refractivity contribution is -0.125. The average Bonchev–Trinajstić information content (AvgIpc) is 2.91. The van der Waals surface area contributed by atoms with Gasteiger partial charge in [-0.25, -0.2) is 0 Å². The number of amides is 3. The lowest BCUT2D eigenvalue weighted by Gasteiger charge is -2.26. The van der Waals surface area contributed by atoms with Crippen LogP contribution < -0.4 is 5.32 Å². The Morgan fingerprint density at radius 2 is 1.48 bits per heavy atom. The Bertz CT molecular complexity index is 811. The van der Waals surface area contributed by atoms with Crippen molar-refractivity contribution >= 4 is 17.7 Å². The summed E-state index contributed by atoms with van der Waals surface area (Å²) in [5, 5.41) is 2.90. The molecule has 2 aromatic rings. The molecule has 1 aliphatic rings. The molecule has 1 heterocycles. The number of carbonyl (C=O) groups excluding carboxylic acids is 3. The van der Waals surface area contributed by atoms with Crippen molar-refractivity contribution in [3.8, 4) is 0 Å². The summed E-state index contributed by atoms with van der Waals surface area (Å²) >= 11 is 0. The molecule has 1 unspecified atom stereocenters. The zero-order valence-corrected chi connectivity index (χ0v) is 15.6. The smallest absolute Gasteiger partial charge is 0.262 e. The number of nitrogens with zero attached hydrogens (tertiary/aromatic N) is 1. The van der Waals surface area contributed by atoms with Crippen molar-refractivity contribution in [2.45, 2.75) is 32.7 Å². The second kappa shape index (κ2) is 8.16. The van der Waals surface area contributed by atoms with Gasteiger partial charge in [0, 0.05) is 6.54 Å². The van der Waals surface area contributed by atoms with Gasteiger partial charge in [-0.1, -0.05) is 56.3 Å². The van der Waals surface area contributed by atoms with E-state index in [0.29, 0.717) is 30.5 Å². The van der Waals surface area contributed by atoms with Gasteiger partial charge in [0.25, 0.3) is 11.8 Å². The molecule has 1 aliphatic heterocycles. The topological polar surface area (TPSA) is 66.5 Å². The predicted octanol–water partition coefficient (Wildman–Crippen LogP) is 3.06. The first-order chi connectivity index (χ1) is 13.0. The highest BCUT2D eigenvalue weighted by molar-refractivity contribution is 6.22. The van der Waals surface area contributed by atoms with Crippen molar-refractivity contribution in [1.82, 2.24) is 10.2 Å². The number of fused-ring (bicyclic) bond motifs is 1. The largest absolute Gasteiger partial charge is 0.354 e. The van der Waals surface area contributed by atoms with E-state index in [9.17, 15) is 14.4 Å². The summed E-state index contributed by atoms with van der Waals surface area (Å²) in [4.78, 5) is 39.5. The van der Waals surface area contributed by atoms with Crippen LogP contribution in [0.25, 0.3) is 0 Å². The highest BCUT2D eigenvalue weighted by atomic mass is 16.2. The second-order valence-corrected chi connectivity index (χ2v) is 7.20. The molecule has 0 saturated carbocycles. The van der Waals surface area contributed by atoms with Crippen molar-refractivity contribution in [3.05, 3.63) is 71.3 Å². The summed E-state index contributed by atoms with van der Waals surface area (Å²) in [6, 6.07) is 15.8. The van der Waals surface area contributed by atoms with E-state index >= 15 is 0 Å². The molecule has 0 bridgehead atoms. The van der Waals surface area contributed by atoms with Crippen LogP contribution in [-0.4, -0.2) is 35.2 Å². The molecule has 0 radical (unpaired) electrons. The summed E-state index contributed by atoms with van der Waals surface area (Å²) in [5.41, 5.74) is 1.86. The van der Waals surface area contributed by atoms with E-state index in [1.54, 1.807) is 24.3 Å². The second-order valence-electron chi connectivity index (χ2n) is 7.20. The van der Waals surface area contributed by atoms with Gasteiger partial charge in [-0.15, -0.1) is 0 Å². The molecule has 140 valence electrons. The Hall–Kier alpha value is -2.95. The minimum atomic E-state index is -0.798. The van der Waals surface area contributed by atoms with Crippen molar-refractivity contribution in [1.29, 1.82) is 0 Å². The molecule has 0 fully saturated rings. The summed E-state index contributed by atoms with van der Waals surface area (Å²) in [6.45, 7) is 4.41. The summed E-state index contributed by atoms with van der Waals surface area (Å²) in [6.07, 6.45) is 1.13. The number of hydrogen-bond acceptors (Lipinski definition) is 3. The van der Waals surface area contributed by atoms with Gasteiger partial charge in [0.05, 0.1) is 11.1 Å². The van der Waals surface area contributed by atoms with Crippen LogP contribution in [0.15, 0.2) is 54.6 Å². The van der Waals surface area contributed by atoms with E-state index in [2.05, 4.69) is 5.32 Å². The number of rotatable bonds is 7. The summed E-state index contributed by atoms with van der Waals surface area (Å²) < 4.78 is 0. The molecule has 5 nitrogen and oxygen atoms in total. The molecule has 27 heavy (non-hydrogen) atoms. The Kier molecular flexibility index (Phi) is 5.69. The minimum absolute atomic E-state index is 0.166. The van der Waals surface area contributed by atoms with Crippen LogP contribution in [0.4, 0.5) is 0 Å². The van der Waals surface area contributed by atoms with Crippen LogP contribution in [0.1, 0.15) is 46.5 Å². The maximum atomic E-state index is 12.8. The molecule has 3 rings (SSSR count). The number of hydrogen-bond donors (Lipinski definition) is 1. The molecule has 5 heteroatoms. The zero-order valence-electron chi connectivity index (χ0n) is 15.6. The summed E-state index contributed by atoms with van der Waals surface area (Å²) in [5.74, 6) is -0.896. The van der Waals surface area contributed by atoms with Crippen LogP contribution in [0.5, 0.6) is 0 Å². The lowest BCUT2D eigenvalue weighted by atomic mass is 10.0. The Morgan fingerprint density at radius 1 is 0.926 bits per heavy atom. The molecule has 1 atom stereocenters. The Labute approximate surface area is 159 Å². The van der Waals surface area contributed by atoms with Gasteiger partial charge >= 0.3 is 0 Å². The van der Waals surface area contributed by atoms with Crippen LogP contribution in [-0.2, 0) is 11.2 Å². The molecule has 0 spiro atoms. The van der Waals surface area contributed by atoms with Gasteiger partial charge in [0.2, 0.25) is 5.91 Å². The first-order valence-electron chi connectivity index (χ1n) is 9.27. The molecule has 0 saturated heterocycles. The normalized spacial score (nSPS) is 14.4. The molecule has 0 aromatic heterocycles. The first-order valence-corrected chi connectivity index (χ1v) is 9.27. The Morgan fingerprint density at radius 3 is 2.04 bits per heavy atom. The van der Waals surface area contributed by atoms with E-state index in [-0.39, 0.29) is 23.6 Å². The standard InChI is InChI=1S/C22H24N2O3/c1-15(2)14-19(20(25)23-13-12-16-8-4-3-5-9-16)24-21(26)17-10-6-7-11-18(17)22(24)27/h3-11,15,19H,12-14H2,1-2H3,(H,23,25). The SMILES string of the molecule is CC(C)CC(C(=O)NCCc1ccccc1)N1C(=O)c2ccccc2C1=O. The quantitative estimate of drug-likeness (QED) is 0.768. The third kappa shape index (κ3) is 4.08. The van der Waals surface area contributed by atoms with Gasteiger partial charge in [0.1, 0.15) is 6.04 Å². The van der Waals surface area contributed by atoms with Crippen LogP contribution in [0.3, 0.4) is 0 Å². The van der Waals surface area contributed by atoms with Crippen LogP contribution in [0.2, 0.25) is 0 Å². The highest BCUT2D eigenvalue weighted by Gasteiger charge is 2.42. The third-order valence-corrected chi connectivity index (χ3v) is 4.69. The molecule has 0 aliphatic carbocycles. The van der Waals surface area contributed by atoms with Gasteiger partial charge in [-0.3, -0.25) is 19.3 Å². The van der Waals surface area contributed by atoms with E-state index in [1.807, 2.05) is 44.2 Å². The lowest BCUT2D eigenvalue weighted by Crippen LogP contribution is -2.50. The van der Waals surface area contributed by atoms with Crippen LogP contribution in [0, 0.1) is 5.92 Å². The van der Waals surface area contributed by atoms with E-state index in [1.165, 1.54) is 0 Å². The monoisotopic (exact) mass is 364 g/mol. The minimum Gasteiger partial charge on any atom is -0.354 e. The highest BCUT2D eigenvalue weighted by Crippen LogP contribution is 2.27. The number of benzene rings is 2. The van der Waals surface area contributed by atoms with Gasteiger partial charge < -0.3 is 5.32 Å². The van der Waals surface area contributed by atoms with E-state index in [4.69, 9.17) is 0 Å². The number of imide groups is 1. The maximum absolute atomic E-state index is 12.8. The zero-order chi connectivity index (χ0) is 19.4. The van der Waals surface area contributed by atoms with Gasteiger partial charge in [0.15, 0.2) is 0 Å². The van der Waals surface area contributed by atoms with Crippen molar-refractivity contribution < 1.29 is 14.4 Å². The van der Waals surface area contributed by atoms with Crippen molar-refractivity contribution in [3.63, 3.8) is 0 Å². The number of carbonyl (C=O) groups is 3. The fourth-order valence-electron chi connectivity index (χ4n) is 3.36. The maximum Gasteiger partial charge on any atom is 0.262 e. The molecular weight excluding hydrogens is 340 g/mol. The third-order valence-electron chi connectivity index (χ3n) is 4.69. The average molecular weight is 364 g/mol. The van der Waals surface area contributed by atoms with Crippen molar-refractivity contribution in [2.24, 2.45) is 5.92 Å². The fraction of sp³-hybridized carbons (Fsp3) is 0.318. The van der Waals surface area contributed by atoms with Crippen molar-refractivity contribution in [2.75, 3.05) is 6.54 Å². The molecule has 1 N–H and O–H groups in total. The van der Waals surface area contributed by atoms with E-state index < -0.39 is 6.04 Å². The first kappa shape index (κ1) is 18.8. The molecular formula is C22H24N2O3. The van der Waals surface area contributed by atoms with E-state index in [0.717, 1.165) is 10.5 Å². The van der Waals surface area contributed by atoms with Gasteiger partial charge in [-0.05, 0) is 36.5 Å². The number of nitrogens with one attached hydrogen (secondary N) is 1. The Balaban J connectivity index is 1.73. The van der Waals surface area contributed by atoms with Crippen LogP contribution >= 0.6 is 0 Å². The summed E-state index contributed by atoms with van der Waals surface area (Å²) in [7, 11) is 0. The molecule has 3 amide bonds. The fourth-order valence-corrected chi connectivity index (χ4v) is 3.36. The predicted molar refractivity (Wildman–Crippen MR) is 103 cm³/mol. The van der Waals surface area contributed by atoms with Gasteiger partial charge in [-0.2, -0.15) is 0 Å². The molecule has 2 aromatic carbocycles.